The highest BCUT2D eigenvalue weighted by Gasteiger charge is 2.13. The number of halogens is 3. The van der Waals surface area contributed by atoms with Crippen molar-refractivity contribution in [2.45, 2.75) is 6.04 Å². The van der Waals surface area contributed by atoms with Crippen LogP contribution in [0.1, 0.15) is 11.6 Å². The highest BCUT2D eigenvalue weighted by Crippen LogP contribution is 2.24. The van der Waals surface area contributed by atoms with Crippen LogP contribution in [-0.2, 0) is 0 Å². The maximum Gasteiger partial charge on any atom is 0.187 e. The molecule has 3 N–H and O–H groups in total. The number of aromatic hydroxyl groups is 1. The molecule has 0 aliphatic rings. The predicted octanol–water partition coefficient (Wildman–Crippen LogP) is 1.64. The van der Waals surface area contributed by atoms with E-state index in [1.807, 2.05) is 0 Å². The van der Waals surface area contributed by atoms with Gasteiger partial charge < -0.3 is 10.8 Å². The molecule has 0 radical (unpaired) electrons. The first-order valence-electron chi connectivity index (χ1n) is 3.55. The summed E-state index contributed by atoms with van der Waals surface area (Å²) in [7, 11) is 0. The van der Waals surface area contributed by atoms with Gasteiger partial charge in [0.2, 0.25) is 0 Å². The van der Waals surface area contributed by atoms with E-state index >= 15 is 0 Å². The lowest BCUT2D eigenvalue weighted by atomic mass is 10.1. The van der Waals surface area contributed by atoms with Crippen LogP contribution in [0.2, 0.25) is 0 Å². The molecule has 2 nitrogen and oxygen atoms in total. The first-order valence-corrected chi connectivity index (χ1v) is 3.55. The number of hydrogen-bond donors (Lipinski definition) is 2. The van der Waals surface area contributed by atoms with Crippen LogP contribution in [0.25, 0.3) is 0 Å². The van der Waals surface area contributed by atoms with Crippen molar-refractivity contribution in [2.24, 2.45) is 5.73 Å². The van der Waals surface area contributed by atoms with Crippen LogP contribution in [-0.4, -0.2) is 11.8 Å². The van der Waals surface area contributed by atoms with Gasteiger partial charge in [-0.1, -0.05) is 0 Å². The maximum atomic E-state index is 12.7. The highest BCUT2D eigenvalue weighted by molar-refractivity contribution is 5.31. The zero-order chi connectivity index (χ0) is 10.0. The third-order valence-corrected chi connectivity index (χ3v) is 1.63. The predicted molar refractivity (Wildman–Crippen MR) is 40.9 cm³/mol. The summed E-state index contributed by atoms with van der Waals surface area (Å²) >= 11 is 0. The SMILES string of the molecule is N[C@H](CF)c1cc(F)c(O)c(F)c1. The number of nitrogens with two attached hydrogens (primary N) is 1. The molecule has 0 amide bonds. The molecule has 0 fully saturated rings. The molecule has 0 aliphatic carbocycles. The van der Waals surface area contributed by atoms with Gasteiger partial charge >= 0.3 is 0 Å². The number of hydrogen-bond acceptors (Lipinski definition) is 2. The summed E-state index contributed by atoms with van der Waals surface area (Å²) < 4.78 is 37.3. The van der Waals surface area contributed by atoms with E-state index in [0.29, 0.717) is 0 Å². The Morgan fingerprint density at radius 3 is 2.15 bits per heavy atom. The van der Waals surface area contributed by atoms with Crippen molar-refractivity contribution in [1.82, 2.24) is 0 Å². The van der Waals surface area contributed by atoms with Crippen LogP contribution >= 0.6 is 0 Å². The van der Waals surface area contributed by atoms with Gasteiger partial charge in [0.1, 0.15) is 6.67 Å². The van der Waals surface area contributed by atoms with Gasteiger partial charge in [-0.15, -0.1) is 0 Å². The lowest BCUT2D eigenvalue weighted by molar-refractivity contribution is 0.391. The van der Waals surface area contributed by atoms with E-state index in [2.05, 4.69) is 0 Å². The second kappa shape index (κ2) is 3.66. The molecule has 0 bridgehead atoms. The quantitative estimate of drug-likeness (QED) is 0.746. The van der Waals surface area contributed by atoms with Crippen LogP contribution in [0, 0.1) is 11.6 Å². The number of rotatable bonds is 2. The molecular weight excluding hydrogens is 183 g/mol. The third kappa shape index (κ3) is 1.92. The summed E-state index contributed by atoms with van der Waals surface area (Å²) in [5, 5.41) is 8.70. The molecular formula is C8H8F3NO. The average molecular weight is 191 g/mol. The van der Waals surface area contributed by atoms with Gasteiger partial charge in [-0.2, -0.15) is 0 Å². The summed E-state index contributed by atoms with van der Waals surface area (Å²) in [6.07, 6.45) is 0. The Kier molecular flexibility index (Phi) is 2.77. The molecule has 0 spiro atoms. The van der Waals surface area contributed by atoms with Crippen molar-refractivity contribution >= 4 is 0 Å². The number of alkyl halides is 1. The van der Waals surface area contributed by atoms with Crippen LogP contribution in [0.4, 0.5) is 13.2 Å². The fourth-order valence-corrected chi connectivity index (χ4v) is 0.888. The largest absolute Gasteiger partial charge is 0.503 e. The monoisotopic (exact) mass is 191 g/mol. The highest BCUT2D eigenvalue weighted by atomic mass is 19.1. The van der Waals surface area contributed by atoms with Crippen molar-refractivity contribution in [3.8, 4) is 5.75 Å². The van der Waals surface area contributed by atoms with E-state index in [0.717, 1.165) is 12.1 Å². The maximum absolute atomic E-state index is 12.7. The fourth-order valence-electron chi connectivity index (χ4n) is 0.888. The Balaban J connectivity index is 3.13. The van der Waals surface area contributed by atoms with Gasteiger partial charge in [-0.25, -0.2) is 13.2 Å². The van der Waals surface area contributed by atoms with Crippen LogP contribution in [0.3, 0.4) is 0 Å². The summed E-state index contributed by atoms with van der Waals surface area (Å²) in [5.41, 5.74) is 5.17. The van der Waals surface area contributed by atoms with E-state index in [1.54, 1.807) is 0 Å². The van der Waals surface area contributed by atoms with Gasteiger partial charge in [0, 0.05) is 0 Å². The number of phenols is 1. The molecule has 13 heavy (non-hydrogen) atoms. The lowest BCUT2D eigenvalue weighted by Gasteiger charge is -2.08. The van der Waals surface area contributed by atoms with E-state index in [9.17, 15) is 13.2 Å². The minimum absolute atomic E-state index is 0.0182. The minimum atomic E-state index is -1.14. The number of benzene rings is 1. The van der Waals surface area contributed by atoms with Gasteiger partial charge in [-0.3, -0.25) is 0 Å². The first kappa shape index (κ1) is 9.85. The molecule has 5 heteroatoms. The molecule has 0 aromatic heterocycles. The van der Waals surface area contributed by atoms with Crippen LogP contribution < -0.4 is 5.73 Å². The van der Waals surface area contributed by atoms with E-state index in [4.69, 9.17) is 10.8 Å². The summed E-state index contributed by atoms with van der Waals surface area (Å²) in [6, 6.07) is 0.551. The summed E-state index contributed by atoms with van der Waals surface area (Å²) in [5.74, 6) is -3.35. The third-order valence-electron chi connectivity index (χ3n) is 1.63. The van der Waals surface area contributed by atoms with Crippen LogP contribution in [0.5, 0.6) is 5.75 Å². The molecule has 1 aromatic carbocycles. The second-order valence-corrected chi connectivity index (χ2v) is 2.59. The van der Waals surface area contributed by atoms with Gasteiger partial charge in [0.15, 0.2) is 17.4 Å². The zero-order valence-corrected chi connectivity index (χ0v) is 6.60. The number of phenolic OH excluding ortho intramolecular Hbond substituents is 1. The Labute approximate surface area is 72.8 Å². The van der Waals surface area contributed by atoms with Crippen molar-refractivity contribution in [3.63, 3.8) is 0 Å². The molecule has 1 atom stereocenters. The molecule has 0 saturated heterocycles. The smallest absolute Gasteiger partial charge is 0.187 e. The first-order chi connectivity index (χ1) is 6.06. The molecule has 1 rings (SSSR count). The average Bonchev–Trinajstić information content (AvgIpc) is 2.12. The van der Waals surface area contributed by atoms with E-state index in [-0.39, 0.29) is 5.56 Å². The molecule has 0 saturated carbocycles. The Bertz CT molecular complexity index is 293. The summed E-state index contributed by atoms with van der Waals surface area (Å²) in [6.45, 7) is -0.913. The molecule has 1 aromatic rings. The van der Waals surface area contributed by atoms with Gasteiger partial charge in [-0.05, 0) is 17.7 Å². The topological polar surface area (TPSA) is 46.2 Å². The van der Waals surface area contributed by atoms with Crippen molar-refractivity contribution < 1.29 is 18.3 Å². The molecule has 0 unspecified atom stereocenters. The molecule has 0 aliphatic heterocycles. The van der Waals surface area contributed by atoms with E-state index in [1.165, 1.54) is 0 Å². The Hall–Kier alpha value is -1.23. The normalized spacial score (nSPS) is 12.9. The second-order valence-electron chi connectivity index (χ2n) is 2.59. The van der Waals surface area contributed by atoms with Crippen molar-refractivity contribution in [1.29, 1.82) is 0 Å². The zero-order valence-electron chi connectivity index (χ0n) is 6.60. The lowest BCUT2D eigenvalue weighted by Crippen LogP contribution is -2.12. The van der Waals surface area contributed by atoms with Crippen molar-refractivity contribution in [2.75, 3.05) is 6.67 Å². The minimum Gasteiger partial charge on any atom is -0.503 e. The van der Waals surface area contributed by atoms with Crippen molar-refractivity contribution in [3.05, 3.63) is 29.3 Å². The fraction of sp³-hybridized carbons (Fsp3) is 0.250. The van der Waals surface area contributed by atoms with Gasteiger partial charge in [0.25, 0.3) is 0 Å². The Morgan fingerprint density at radius 2 is 1.77 bits per heavy atom. The van der Waals surface area contributed by atoms with E-state index < -0.39 is 30.1 Å². The molecule has 0 heterocycles. The van der Waals surface area contributed by atoms with Gasteiger partial charge in [0.05, 0.1) is 6.04 Å². The van der Waals surface area contributed by atoms with Crippen LogP contribution in [0.15, 0.2) is 12.1 Å². The Morgan fingerprint density at radius 1 is 1.31 bits per heavy atom. The molecule has 72 valence electrons. The standard InChI is InChI=1S/C8H8F3NO/c9-3-7(12)4-1-5(10)8(13)6(11)2-4/h1-2,7,13H,3,12H2/t7-/m1/s1. The summed E-state index contributed by atoms with van der Waals surface area (Å²) in [4.78, 5) is 0.